The first-order chi connectivity index (χ1) is 10.9. The number of anilines is 1. The van der Waals surface area contributed by atoms with Crippen LogP contribution < -0.4 is 10.1 Å². The molecule has 0 radical (unpaired) electrons. The van der Waals surface area contributed by atoms with Crippen LogP contribution in [-0.4, -0.2) is 26.5 Å². The highest BCUT2D eigenvalue weighted by Crippen LogP contribution is 2.17. The van der Waals surface area contributed by atoms with Crippen LogP contribution in [0.2, 0.25) is 0 Å². The fourth-order valence-corrected chi connectivity index (χ4v) is 2.02. The third-order valence-electron chi connectivity index (χ3n) is 3.10. The first-order valence-electron chi connectivity index (χ1n) is 7.24. The normalized spacial score (nSPS) is 10.6. The van der Waals surface area contributed by atoms with E-state index in [0.717, 1.165) is 28.8 Å². The third-order valence-corrected chi connectivity index (χ3v) is 3.10. The van der Waals surface area contributed by atoms with Crippen molar-refractivity contribution in [3.63, 3.8) is 0 Å². The highest BCUT2D eigenvalue weighted by Gasteiger charge is 2.04. The van der Waals surface area contributed by atoms with E-state index in [1.54, 1.807) is 24.8 Å². The molecule has 0 spiro atoms. The molecule has 0 aliphatic carbocycles. The molecule has 3 rings (SSSR count). The highest BCUT2D eigenvalue weighted by atomic mass is 16.5. The van der Waals surface area contributed by atoms with E-state index in [0.29, 0.717) is 19.0 Å². The average Bonchev–Trinajstić information content (AvgIpc) is 2.59. The van der Waals surface area contributed by atoms with Gasteiger partial charge in [0.2, 0.25) is 5.88 Å². The number of pyridine rings is 2. The molecule has 1 N–H and O–H groups in total. The molecular formula is C16H17N5O. The maximum atomic E-state index is 5.47. The number of fused-ring (bicyclic) bond motifs is 1. The lowest BCUT2D eigenvalue weighted by Crippen LogP contribution is -2.04. The Hall–Kier alpha value is -2.76. The lowest BCUT2D eigenvalue weighted by molar-refractivity contribution is 0.305. The van der Waals surface area contributed by atoms with Crippen molar-refractivity contribution in [3.8, 4) is 5.88 Å². The Balaban J connectivity index is 1.69. The van der Waals surface area contributed by atoms with E-state index in [2.05, 4.69) is 32.2 Å². The zero-order chi connectivity index (χ0) is 15.2. The van der Waals surface area contributed by atoms with E-state index in [4.69, 9.17) is 4.74 Å². The number of rotatable bonds is 6. The third kappa shape index (κ3) is 3.28. The average molecular weight is 295 g/mol. The lowest BCUT2D eigenvalue weighted by Gasteiger charge is -2.08. The number of hydrogen-bond donors (Lipinski definition) is 1. The van der Waals surface area contributed by atoms with Gasteiger partial charge in [-0.1, -0.05) is 13.0 Å². The Morgan fingerprint density at radius 1 is 1.00 bits per heavy atom. The van der Waals surface area contributed by atoms with Crippen LogP contribution in [0.25, 0.3) is 11.0 Å². The van der Waals surface area contributed by atoms with Gasteiger partial charge in [0.05, 0.1) is 12.1 Å². The standard InChI is InChI=1S/C16H17N5O/c1-2-9-22-14-4-3-12(10-20-14)11-21-16-15-13(5-6-19-16)17-7-8-18-15/h3-8,10H,2,9,11H2,1H3,(H,19,21). The molecule has 3 aromatic rings. The van der Waals surface area contributed by atoms with Crippen LogP contribution in [0.1, 0.15) is 18.9 Å². The van der Waals surface area contributed by atoms with Crippen LogP contribution in [0.5, 0.6) is 5.88 Å². The quantitative estimate of drug-likeness (QED) is 0.754. The summed E-state index contributed by atoms with van der Waals surface area (Å²) in [6.07, 6.45) is 7.83. The van der Waals surface area contributed by atoms with Gasteiger partial charge in [0.25, 0.3) is 0 Å². The van der Waals surface area contributed by atoms with E-state index in [1.165, 1.54) is 0 Å². The van der Waals surface area contributed by atoms with Crippen LogP contribution in [-0.2, 0) is 6.54 Å². The Kier molecular flexibility index (Phi) is 4.38. The molecule has 3 aromatic heterocycles. The zero-order valence-electron chi connectivity index (χ0n) is 12.4. The molecule has 22 heavy (non-hydrogen) atoms. The largest absolute Gasteiger partial charge is 0.478 e. The summed E-state index contributed by atoms with van der Waals surface area (Å²) in [5.41, 5.74) is 2.63. The Morgan fingerprint density at radius 3 is 2.73 bits per heavy atom. The van der Waals surface area contributed by atoms with E-state index in [-0.39, 0.29) is 0 Å². The van der Waals surface area contributed by atoms with Gasteiger partial charge < -0.3 is 10.1 Å². The summed E-state index contributed by atoms with van der Waals surface area (Å²) in [5, 5.41) is 3.27. The molecule has 0 fully saturated rings. The minimum atomic E-state index is 0.615. The molecule has 0 bridgehead atoms. The fraction of sp³-hybridized carbons (Fsp3) is 0.250. The first kappa shape index (κ1) is 14.2. The monoisotopic (exact) mass is 295 g/mol. The second kappa shape index (κ2) is 6.80. The molecule has 0 saturated heterocycles. The smallest absolute Gasteiger partial charge is 0.213 e. The summed E-state index contributed by atoms with van der Waals surface area (Å²) in [5.74, 6) is 1.37. The van der Waals surface area contributed by atoms with Gasteiger partial charge in [-0.15, -0.1) is 0 Å². The molecule has 0 amide bonds. The first-order valence-corrected chi connectivity index (χ1v) is 7.24. The minimum Gasteiger partial charge on any atom is -0.478 e. The number of nitrogens with one attached hydrogen (secondary N) is 1. The van der Waals surface area contributed by atoms with Crippen molar-refractivity contribution < 1.29 is 4.74 Å². The highest BCUT2D eigenvalue weighted by molar-refractivity contribution is 5.84. The SMILES string of the molecule is CCCOc1ccc(CNc2nccc3nccnc23)cn1. The molecule has 3 heterocycles. The molecule has 0 unspecified atom stereocenters. The van der Waals surface area contributed by atoms with Crippen LogP contribution in [0, 0.1) is 0 Å². The summed E-state index contributed by atoms with van der Waals surface area (Å²) in [6, 6.07) is 5.71. The molecule has 0 atom stereocenters. The Morgan fingerprint density at radius 2 is 1.91 bits per heavy atom. The predicted molar refractivity (Wildman–Crippen MR) is 84.7 cm³/mol. The van der Waals surface area contributed by atoms with Crippen LogP contribution in [0.3, 0.4) is 0 Å². The van der Waals surface area contributed by atoms with E-state index in [1.807, 2.05) is 18.2 Å². The van der Waals surface area contributed by atoms with E-state index in [9.17, 15) is 0 Å². The van der Waals surface area contributed by atoms with Gasteiger partial charge in [-0.2, -0.15) is 0 Å². The molecule has 0 saturated carbocycles. The van der Waals surface area contributed by atoms with Crippen LogP contribution in [0.15, 0.2) is 43.0 Å². The molecule has 0 aliphatic rings. The summed E-state index contributed by atoms with van der Waals surface area (Å²) >= 11 is 0. The van der Waals surface area contributed by atoms with Crippen molar-refractivity contribution in [2.24, 2.45) is 0 Å². The molecule has 6 heteroatoms. The van der Waals surface area contributed by atoms with Crippen molar-refractivity contribution in [1.82, 2.24) is 19.9 Å². The molecule has 6 nitrogen and oxygen atoms in total. The van der Waals surface area contributed by atoms with Gasteiger partial charge in [0, 0.05) is 37.4 Å². The summed E-state index contributed by atoms with van der Waals surface area (Å²) in [4.78, 5) is 17.2. The van der Waals surface area contributed by atoms with Gasteiger partial charge in [-0.25, -0.2) is 15.0 Å². The van der Waals surface area contributed by atoms with E-state index >= 15 is 0 Å². The maximum absolute atomic E-state index is 5.47. The lowest BCUT2D eigenvalue weighted by atomic mass is 10.3. The van der Waals surface area contributed by atoms with Gasteiger partial charge >= 0.3 is 0 Å². The van der Waals surface area contributed by atoms with Crippen LogP contribution >= 0.6 is 0 Å². The van der Waals surface area contributed by atoms with Crippen LogP contribution in [0.4, 0.5) is 5.82 Å². The molecule has 112 valence electrons. The maximum Gasteiger partial charge on any atom is 0.213 e. The number of ether oxygens (including phenoxy) is 1. The number of aromatic nitrogens is 4. The van der Waals surface area contributed by atoms with Gasteiger partial charge in [0.15, 0.2) is 5.82 Å². The molecule has 0 aliphatic heterocycles. The van der Waals surface area contributed by atoms with Crippen molar-refractivity contribution in [1.29, 1.82) is 0 Å². The second-order valence-corrected chi connectivity index (χ2v) is 4.79. The topological polar surface area (TPSA) is 72.8 Å². The Labute approximate surface area is 128 Å². The summed E-state index contributed by atoms with van der Waals surface area (Å²) in [7, 11) is 0. The van der Waals surface area contributed by atoms with Crippen molar-refractivity contribution in [3.05, 3.63) is 48.5 Å². The molecular weight excluding hydrogens is 278 g/mol. The van der Waals surface area contributed by atoms with Gasteiger partial charge in [-0.05, 0) is 18.1 Å². The summed E-state index contributed by atoms with van der Waals surface area (Å²) in [6.45, 7) is 3.37. The number of hydrogen-bond acceptors (Lipinski definition) is 6. The minimum absolute atomic E-state index is 0.615. The van der Waals surface area contributed by atoms with Gasteiger partial charge in [0.1, 0.15) is 5.52 Å². The summed E-state index contributed by atoms with van der Waals surface area (Å²) < 4.78 is 5.47. The van der Waals surface area contributed by atoms with Crippen molar-refractivity contribution in [2.45, 2.75) is 19.9 Å². The van der Waals surface area contributed by atoms with Crippen molar-refractivity contribution >= 4 is 16.9 Å². The molecule has 0 aromatic carbocycles. The zero-order valence-corrected chi connectivity index (χ0v) is 12.4. The Bertz CT molecular complexity index is 740. The fourth-order valence-electron chi connectivity index (χ4n) is 2.02. The van der Waals surface area contributed by atoms with Crippen molar-refractivity contribution in [2.75, 3.05) is 11.9 Å². The van der Waals surface area contributed by atoms with Gasteiger partial charge in [-0.3, -0.25) is 4.98 Å². The predicted octanol–water partition coefficient (Wildman–Crippen LogP) is 2.82. The second-order valence-electron chi connectivity index (χ2n) is 4.79. The number of nitrogens with zero attached hydrogens (tertiary/aromatic N) is 4. The van der Waals surface area contributed by atoms with E-state index < -0.39 is 0 Å².